The van der Waals surface area contributed by atoms with Crippen molar-refractivity contribution in [1.29, 1.82) is 0 Å². The number of carbonyl (C=O) groups is 2. The molecule has 4 aliphatic carbocycles. The van der Waals surface area contributed by atoms with E-state index in [1.807, 2.05) is 6.92 Å². The van der Waals surface area contributed by atoms with Crippen LogP contribution in [0.15, 0.2) is 11.6 Å². The van der Waals surface area contributed by atoms with Gasteiger partial charge in [-0.05, 0) is 85.9 Å². The lowest BCUT2D eigenvalue weighted by atomic mass is 9.41. The molecule has 0 bridgehead atoms. The second-order valence-corrected chi connectivity index (χ2v) is 14.3. The van der Waals surface area contributed by atoms with Crippen molar-refractivity contribution < 1.29 is 19.4 Å². The Bertz CT molecular complexity index is 932. The number of aliphatic hydroxyl groups excluding tert-OH is 1. The van der Waals surface area contributed by atoms with Crippen molar-refractivity contribution in [3.63, 3.8) is 0 Å². The molecule has 5 aliphatic rings. The molecule has 4 fully saturated rings. The average Bonchev–Trinajstić information content (AvgIpc) is 3.15. The molecule has 8 atom stereocenters. The maximum atomic E-state index is 13.8. The van der Waals surface area contributed by atoms with Crippen LogP contribution < -0.4 is 0 Å². The number of ether oxygens (including phenoxy) is 1. The second-order valence-electron chi connectivity index (χ2n) is 14.3. The molecule has 0 unspecified atom stereocenters. The molecule has 1 aliphatic heterocycles. The minimum Gasteiger partial charge on any atom is -0.458 e. The summed E-state index contributed by atoms with van der Waals surface area (Å²) in [5, 5.41) is 10.8. The summed E-state index contributed by atoms with van der Waals surface area (Å²) in [5.41, 5.74) is 0.272. The molecular formula is C30H46O4. The van der Waals surface area contributed by atoms with Gasteiger partial charge in [0, 0.05) is 18.8 Å². The van der Waals surface area contributed by atoms with Gasteiger partial charge in [-0.2, -0.15) is 0 Å². The predicted molar refractivity (Wildman–Crippen MR) is 133 cm³/mol. The number of fused-ring (bicyclic) bond motifs is 4. The monoisotopic (exact) mass is 470 g/mol. The van der Waals surface area contributed by atoms with Gasteiger partial charge >= 0.3 is 5.97 Å². The topological polar surface area (TPSA) is 63.6 Å². The van der Waals surface area contributed by atoms with E-state index in [-0.39, 0.29) is 40.0 Å². The normalized spacial score (nSPS) is 49.0. The first-order chi connectivity index (χ1) is 15.7. The van der Waals surface area contributed by atoms with Gasteiger partial charge in [-0.15, -0.1) is 0 Å². The highest BCUT2D eigenvalue weighted by molar-refractivity contribution is 5.86. The van der Waals surface area contributed by atoms with Gasteiger partial charge in [0.25, 0.3) is 0 Å². The molecule has 0 aromatic heterocycles. The van der Waals surface area contributed by atoms with Crippen LogP contribution in [0.2, 0.25) is 0 Å². The number of ketones is 1. The molecule has 0 aromatic rings. The second kappa shape index (κ2) is 7.43. The molecule has 3 saturated carbocycles. The average molecular weight is 471 g/mol. The molecule has 0 amide bonds. The van der Waals surface area contributed by atoms with Crippen LogP contribution in [0.5, 0.6) is 0 Å². The number of aliphatic hydroxyl groups is 1. The van der Waals surface area contributed by atoms with E-state index in [0.717, 1.165) is 44.9 Å². The minimum atomic E-state index is -0.676. The van der Waals surface area contributed by atoms with E-state index in [1.54, 1.807) is 5.57 Å². The van der Waals surface area contributed by atoms with Gasteiger partial charge in [0.1, 0.15) is 11.4 Å². The third-order valence-corrected chi connectivity index (χ3v) is 11.8. The summed E-state index contributed by atoms with van der Waals surface area (Å²) >= 11 is 0. The van der Waals surface area contributed by atoms with Gasteiger partial charge in [0.2, 0.25) is 0 Å². The summed E-state index contributed by atoms with van der Waals surface area (Å²) in [4.78, 5) is 26.7. The highest BCUT2D eigenvalue weighted by atomic mass is 16.6. The Labute approximate surface area is 206 Å². The van der Waals surface area contributed by atoms with E-state index in [4.69, 9.17) is 4.74 Å². The summed E-state index contributed by atoms with van der Waals surface area (Å²) in [6.45, 7) is 15.5. The smallest absolute Gasteiger partial charge is 0.313 e. The van der Waals surface area contributed by atoms with Gasteiger partial charge < -0.3 is 9.84 Å². The Morgan fingerprint density at radius 3 is 2.44 bits per heavy atom. The van der Waals surface area contributed by atoms with Crippen LogP contribution in [0.25, 0.3) is 0 Å². The van der Waals surface area contributed by atoms with E-state index in [1.165, 1.54) is 0 Å². The van der Waals surface area contributed by atoms with E-state index < -0.39 is 11.0 Å². The van der Waals surface area contributed by atoms with Crippen molar-refractivity contribution in [2.24, 2.45) is 45.3 Å². The van der Waals surface area contributed by atoms with Crippen LogP contribution in [0, 0.1) is 45.3 Å². The van der Waals surface area contributed by atoms with Crippen molar-refractivity contribution in [3.8, 4) is 0 Å². The minimum absolute atomic E-state index is 0.0423. The van der Waals surface area contributed by atoms with Crippen LogP contribution in [0.4, 0.5) is 0 Å². The van der Waals surface area contributed by atoms with Crippen molar-refractivity contribution >= 4 is 11.8 Å². The predicted octanol–water partition coefficient (Wildman–Crippen LogP) is 6.25. The molecule has 1 N–H and O–H groups in total. The number of hydrogen-bond acceptors (Lipinski definition) is 4. The zero-order valence-electron chi connectivity index (χ0n) is 22.5. The maximum absolute atomic E-state index is 13.8. The molecule has 1 saturated heterocycles. The Morgan fingerprint density at radius 1 is 1.06 bits per heavy atom. The lowest BCUT2D eigenvalue weighted by Crippen LogP contribution is -2.58. The first-order valence-corrected chi connectivity index (χ1v) is 13.9. The van der Waals surface area contributed by atoms with Crippen molar-refractivity contribution in [1.82, 2.24) is 0 Å². The highest BCUT2D eigenvalue weighted by Crippen LogP contribution is 2.75. The molecule has 4 nitrogen and oxygen atoms in total. The Balaban J connectivity index is 1.52. The number of esters is 1. The SMILES string of the molecule is CC(C)CC(=O)C[C@]1(C)OC(=O)[C@]23CC=C4[C@@H](CC[C@H]5C(C)(C)[C@@H](O)CC[C@]45C)[C@]2(C)CC[C@@H]31. The van der Waals surface area contributed by atoms with Crippen LogP contribution in [-0.2, 0) is 14.3 Å². The third-order valence-electron chi connectivity index (χ3n) is 11.8. The molecule has 190 valence electrons. The van der Waals surface area contributed by atoms with E-state index in [0.29, 0.717) is 30.6 Å². The first-order valence-electron chi connectivity index (χ1n) is 13.9. The zero-order valence-corrected chi connectivity index (χ0v) is 22.5. The Hall–Kier alpha value is -1.16. The Morgan fingerprint density at radius 2 is 1.76 bits per heavy atom. The quantitative estimate of drug-likeness (QED) is 0.389. The zero-order chi connectivity index (χ0) is 24.9. The Kier molecular flexibility index (Phi) is 5.36. The van der Waals surface area contributed by atoms with Gasteiger partial charge in [-0.3, -0.25) is 9.59 Å². The standard InChI is InChI=1S/C30H46O4/c1-18(2)16-19(31)17-29(7)23-11-14-28(6)21-8-9-22-26(3,4)24(32)12-13-27(22,5)20(21)10-15-30(23,28)25(33)34-29/h10,18,21-24,32H,8-9,11-17H2,1-7H3/t21-,22+,23-,24+,27-,28+,29+,30-/m1/s1. The van der Waals surface area contributed by atoms with Crippen LogP contribution >= 0.6 is 0 Å². The summed E-state index contributed by atoms with van der Waals surface area (Å²) in [7, 11) is 0. The lowest BCUT2D eigenvalue weighted by Gasteiger charge is -2.63. The molecule has 0 aromatic carbocycles. The largest absolute Gasteiger partial charge is 0.458 e. The summed E-state index contributed by atoms with van der Waals surface area (Å²) in [6, 6.07) is 0. The van der Waals surface area contributed by atoms with Crippen LogP contribution in [0.3, 0.4) is 0 Å². The van der Waals surface area contributed by atoms with E-state index >= 15 is 0 Å². The number of Topliss-reactive ketones (excluding diaryl/α,β-unsaturated/α-hetero) is 1. The lowest BCUT2D eigenvalue weighted by molar-refractivity contribution is -0.163. The summed E-state index contributed by atoms with van der Waals surface area (Å²) in [5.74, 6) is 1.47. The summed E-state index contributed by atoms with van der Waals surface area (Å²) < 4.78 is 6.23. The molecule has 1 spiro atoms. The fourth-order valence-corrected chi connectivity index (χ4v) is 10.2. The number of allylic oxidation sites excluding steroid dienone is 2. The summed E-state index contributed by atoms with van der Waals surface area (Å²) in [6.07, 6.45) is 9.94. The first kappa shape index (κ1) is 24.5. The van der Waals surface area contributed by atoms with Crippen molar-refractivity contribution in [3.05, 3.63) is 11.6 Å². The van der Waals surface area contributed by atoms with Gasteiger partial charge in [-0.25, -0.2) is 0 Å². The number of carbonyl (C=O) groups excluding carboxylic acids is 2. The van der Waals surface area contributed by atoms with Crippen LogP contribution in [0.1, 0.15) is 106 Å². The molecule has 34 heavy (non-hydrogen) atoms. The fraction of sp³-hybridized carbons (Fsp3) is 0.867. The van der Waals surface area contributed by atoms with Gasteiger partial charge in [-0.1, -0.05) is 53.2 Å². The van der Waals surface area contributed by atoms with Gasteiger partial charge in [0.15, 0.2) is 0 Å². The third kappa shape index (κ3) is 2.93. The number of cyclic esters (lactones) is 1. The number of rotatable bonds is 4. The van der Waals surface area contributed by atoms with E-state index in [9.17, 15) is 14.7 Å². The van der Waals surface area contributed by atoms with E-state index in [2.05, 4.69) is 47.6 Å². The van der Waals surface area contributed by atoms with Gasteiger partial charge in [0.05, 0.1) is 11.5 Å². The molecule has 0 radical (unpaired) electrons. The van der Waals surface area contributed by atoms with Crippen molar-refractivity contribution in [2.75, 3.05) is 0 Å². The van der Waals surface area contributed by atoms with Crippen molar-refractivity contribution in [2.45, 2.75) is 118 Å². The molecule has 4 heteroatoms. The molecule has 5 rings (SSSR count). The highest BCUT2D eigenvalue weighted by Gasteiger charge is 2.76. The maximum Gasteiger partial charge on any atom is 0.313 e. The fourth-order valence-electron chi connectivity index (χ4n) is 10.2. The number of hydrogen-bond donors (Lipinski definition) is 1. The molecular weight excluding hydrogens is 424 g/mol. The van der Waals surface area contributed by atoms with Crippen LogP contribution in [-0.4, -0.2) is 28.6 Å². The molecule has 1 heterocycles.